The number of aryl methyl sites for hydroxylation is 1. The number of amides is 1. The lowest BCUT2D eigenvalue weighted by Gasteiger charge is -2.26. The highest BCUT2D eigenvalue weighted by Gasteiger charge is 2.28. The highest BCUT2D eigenvalue weighted by molar-refractivity contribution is 7.89. The van der Waals surface area contributed by atoms with Gasteiger partial charge in [0, 0.05) is 31.4 Å². The summed E-state index contributed by atoms with van der Waals surface area (Å²) in [5.74, 6) is -0.543. The molecular weight excluding hydrogens is 416 g/mol. The maximum atomic E-state index is 12.9. The maximum absolute atomic E-state index is 12.9. The van der Waals surface area contributed by atoms with Gasteiger partial charge in [0.25, 0.3) is 11.5 Å². The van der Waals surface area contributed by atoms with Crippen molar-refractivity contribution in [3.05, 3.63) is 51.4 Å². The van der Waals surface area contributed by atoms with Crippen LogP contribution in [-0.2, 0) is 16.6 Å². The summed E-state index contributed by atoms with van der Waals surface area (Å²) in [6.07, 6.45) is 3.33. The number of nitrogens with zero attached hydrogens (tertiary/aromatic N) is 3. The molecule has 1 aliphatic heterocycles. The molecule has 156 valence electrons. The molecule has 0 aliphatic carbocycles. The first-order valence-corrected chi connectivity index (χ1v) is 11.3. The Kier molecular flexibility index (Phi) is 6.71. The predicted octanol–water partition coefficient (Wildman–Crippen LogP) is 2.73. The van der Waals surface area contributed by atoms with Gasteiger partial charge in [-0.1, -0.05) is 24.9 Å². The van der Waals surface area contributed by atoms with E-state index >= 15 is 0 Å². The second-order valence-corrected chi connectivity index (χ2v) is 9.16. The zero-order chi connectivity index (χ0) is 21.0. The monoisotopic (exact) mass is 438 g/mol. The molecule has 1 aromatic carbocycles. The van der Waals surface area contributed by atoms with Crippen molar-refractivity contribution < 1.29 is 13.2 Å². The van der Waals surface area contributed by atoms with Crippen LogP contribution in [0.1, 0.15) is 43.1 Å². The van der Waals surface area contributed by atoms with E-state index in [0.717, 1.165) is 19.3 Å². The molecule has 2 heterocycles. The molecular formula is C19H23ClN4O4S. The lowest BCUT2D eigenvalue weighted by molar-refractivity contribution is 0.101. The van der Waals surface area contributed by atoms with Crippen molar-refractivity contribution in [3.63, 3.8) is 0 Å². The van der Waals surface area contributed by atoms with E-state index in [1.54, 1.807) is 0 Å². The van der Waals surface area contributed by atoms with Crippen LogP contribution >= 0.6 is 11.6 Å². The fourth-order valence-electron chi connectivity index (χ4n) is 3.16. The number of piperidine rings is 1. The van der Waals surface area contributed by atoms with Gasteiger partial charge in [-0.2, -0.15) is 9.40 Å². The number of nitrogens with one attached hydrogen (secondary N) is 1. The molecule has 3 rings (SSSR count). The second-order valence-electron chi connectivity index (χ2n) is 6.84. The fraction of sp³-hybridized carbons (Fsp3) is 0.421. The number of anilines is 1. The average Bonchev–Trinajstić information content (AvgIpc) is 2.71. The Morgan fingerprint density at radius 2 is 1.90 bits per heavy atom. The zero-order valence-corrected chi connectivity index (χ0v) is 17.7. The van der Waals surface area contributed by atoms with Crippen molar-refractivity contribution in [1.82, 2.24) is 14.1 Å². The Labute approximate surface area is 174 Å². The average molecular weight is 439 g/mol. The molecule has 0 saturated carbocycles. The topological polar surface area (TPSA) is 101 Å². The second kappa shape index (κ2) is 9.06. The molecule has 10 heteroatoms. The van der Waals surface area contributed by atoms with Gasteiger partial charge < -0.3 is 5.32 Å². The molecule has 0 radical (unpaired) electrons. The number of halogens is 1. The number of sulfonamides is 1. The molecule has 8 nitrogen and oxygen atoms in total. The van der Waals surface area contributed by atoms with E-state index in [0.29, 0.717) is 26.1 Å². The molecule has 1 N–H and O–H groups in total. The first kappa shape index (κ1) is 21.5. The van der Waals surface area contributed by atoms with Crippen LogP contribution in [0.3, 0.4) is 0 Å². The number of hydrogen-bond acceptors (Lipinski definition) is 5. The summed E-state index contributed by atoms with van der Waals surface area (Å²) in [6.45, 7) is 3.22. The van der Waals surface area contributed by atoms with E-state index in [9.17, 15) is 18.0 Å². The quantitative estimate of drug-likeness (QED) is 0.747. The van der Waals surface area contributed by atoms with E-state index in [1.165, 1.54) is 39.3 Å². The molecule has 0 unspecified atom stereocenters. The number of aromatic nitrogens is 2. The Balaban J connectivity index is 1.85. The van der Waals surface area contributed by atoms with Gasteiger partial charge >= 0.3 is 0 Å². The molecule has 0 bridgehead atoms. The van der Waals surface area contributed by atoms with E-state index in [-0.39, 0.29) is 26.9 Å². The maximum Gasteiger partial charge on any atom is 0.276 e. The van der Waals surface area contributed by atoms with Gasteiger partial charge in [-0.05, 0) is 43.5 Å². The van der Waals surface area contributed by atoms with E-state index < -0.39 is 15.9 Å². The van der Waals surface area contributed by atoms with Crippen LogP contribution in [0, 0.1) is 0 Å². The van der Waals surface area contributed by atoms with Crippen LogP contribution in [0.15, 0.2) is 40.0 Å². The van der Waals surface area contributed by atoms with Gasteiger partial charge in [-0.3, -0.25) is 9.59 Å². The molecule has 1 aliphatic rings. The van der Waals surface area contributed by atoms with Gasteiger partial charge in [0.2, 0.25) is 10.0 Å². The number of carbonyl (C=O) groups excluding carboxylic acids is 1. The Morgan fingerprint density at radius 3 is 2.59 bits per heavy atom. The Hall–Kier alpha value is -2.23. The highest BCUT2D eigenvalue weighted by Crippen LogP contribution is 2.29. The first-order valence-electron chi connectivity index (χ1n) is 9.52. The first-order chi connectivity index (χ1) is 13.8. The minimum Gasteiger partial charge on any atom is -0.321 e. The molecule has 1 saturated heterocycles. The van der Waals surface area contributed by atoms with Gasteiger partial charge in [0.15, 0.2) is 0 Å². The van der Waals surface area contributed by atoms with Crippen LogP contribution in [0.25, 0.3) is 0 Å². The van der Waals surface area contributed by atoms with E-state index in [1.807, 2.05) is 6.92 Å². The fourth-order valence-corrected chi connectivity index (χ4v) is 5.18. The number of benzene rings is 1. The zero-order valence-electron chi connectivity index (χ0n) is 16.1. The van der Waals surface area contributed by atoms with E-state index in [4.69, 9.17) is 11.6 Å². The molecule has 1 amide bonds. The minimum atomic E-state index is -3.75. The summed E-state index contributed by atoms with van der Waals surface area (Å²) in [6, 6.07) is 6.94. The predicted molar refractivity (Wildman–Crippen MR) is 111 cm³/mol. The molecule has 0 spiro atoms. The lowest BCUT2D eigenvalue weighted by Crippen LogP contribution is -2.35. The van der Waals surface area contributed by atoms with Crippen molar-refractivity contribution in [2.45, 2.75) is 44.0 Å². The van der Waals surface area contributed by atoms with Gasteiger partial charge in [-0.15, -0.1) is 0 Å². The minimum absolute atomic E-state index is 0.0391. The largest absolute Gasteiger partial charge is 0.321 e. The van der Waals surface area contributed by atoms with Crippen LogP contribution < -0.4 is 10.9 Å². The van der Waals surface area contributed by atoms with Crippen molar-refractivity contribution in [2.75, 3.05) is 18.4 Å². The number of rotatable bonds is 6. The highest BCUT2D eigenvalue weighted by atomic mass is 35.5. The van der Waals surface area contributed by atoms with Crippen LogP contribution in [0.2, 0.25) is 5.02 Å². The van der Waals surface area contributed by atoms with Crippen molar-refractivity contribution in [1.29, 1.82) is 0 Å². The summed E-state index contributed by atoms with van der Waals surface area (Å²) < 4.78 is 28.5. The third kappa shape index (κ3) is 4.85. The smallest absolute Gasteiger partial charge is 0.276 e. The van der Waals surface area contributed by atoms with Crippen LogP contribution in [-0.4, -0.2) is 41.5 Å². The van der Waals surface area contributed by atoms with E-state index in [2.05, 4.69) is 10.4 Å². The number of carbonyl (C=O) groups is 1. The summed E-state index contributed by atoms with van der Waals surface area (Å²) in [5, 5.41) is 6.79. The molecule has 0 atom stereocenters. The molecule has 29 heavy (non-hydrogen) atoms. The summed E-state index contributed by atoms with van der Waals surface area (Å²) in [7, 11) is -3.75. The third-order valence-corrected chi connectivity index (χ3v) is 7.04. The summed E-state index contributed by atoms with van der Waals surface area (Å²) >= 11 is 6.16. The van der Waals surface area contributed by atoms with Crippen LogP contribution in [0.4, 0.5) is 5.69 Å². The number of hydrogen-bond donors (Lipinski definition) is 1. The summed E-state index contributed by atoms with van der Waals surface area (Å²) in [5.41, 5.74) is 0.0586. The van der Waals surface area contributed by atoms with Gasteiger partial charge in [0.05, 0.1) is 5.02 Å². The lowest BCUT2D eigenvalue weighted by atomic mass is 10.2. The standard InChI is InChI=1S/C19H23ClN4O4S/c1-2-10-24-18(25)9-8-16(22-24)19(26)21-14-6-7-15(20)17(13-14)29(27,28)23-11-4-3-5-12-23/h6-9,13H,2-5,10-12H2,1H3,(H,21,26). The van der Waals surface area contributed by atoms with Crippen LogP contribution in [0.5, 0.6) is 0 Å². The Morgan fingerprint density at radius 1 is 1.17 bits per heavy atom. The van der Waals surface area contributed by atoms with Crippen molar-refractivity contribution >= 4 is 33.2 Å². The third-order valence-electron chi connectivity index (χ3n) is 4.66. The van der Waals surface area contributed by atoms with Gasteiger partial charge in [-0.25, -0.2) is 13.1 Å². The van der Waals surface area contributed by atoms with Crippen molar-refractivity contribution in [2.24, 2.45) is 0 Å². The molecule has 1 aromatic heterocycles. The van der Waals surface area contributed by atoms with Crippen molar-refractivity contribution in [3.8, 4) is 0 Å². The van der Waals surface area contributed by atoms with Gasteiger partial charge in [0.1, 0.15) is 10.6 Å². The normalized spacial score (nSPS) is 15.2. The molecule has 2 aromatic rings. The Bertz CT molecular complexity index is 1060. The summed E-state index contributed by atoms with van der Waals surface area (Å²) in [4.78, 5) is 24.3. The molecule has 1 fully saturated rings. The SMILES string of the molecule is CCCn1nc(C(=O)Nc2ccc(Cl)c(S(=O)(=O)N3CCCCC3)c2)ccc1=O.